The van der Waals surface area contributed by atoms with Gasteiger partial charge < -0.3 is 56.8 Å². The Morgan fingerprint density at radius 2 is 0.651 bits per heavy atom. The minimum atomic E-state index is -0.356. The molecular formula is C30H52O13. The highest BCUT2D eigenvalue weighted by atomic mass is 16.6. The number of rotatable bonds is 34. The average molecular weight is 621 g/mol. The highest BCUT2D eigenvalue weighted by Gasteiger charge is 2.05. The first-order valence-corrected chi connectivity index (χ1v) is 14.8. The van der Waals surface area contributed by atoms with Crippen molar-refractivity contribution in [3.05, 3.63) is 35.9 Å². The van der Waals surface area contributed by atoms with Crippen molar-refractivity contribution in [3.63, 3.8) is 0 Å². The van der Waals surface area contributed by atoms with E-state index in [9.17, 15) is 4.79 Å². The summed E-state index contributed by atoms with van der Waals surface area (Å²) in [5.41, 5.74) is 0.526. The third-order valence-electron chi connectivity index (χ3n) is 5.25. The molecule has 0 N–H and O–H groups in total. The zero-order valence-corrected chi connectivity index (χ0v) is 25.8. The summed E-state index contributed by atoms with van der Waals surface area (Å²) >= 11 is 0. The van der Waals surface area contributed by atoms with Crippen molar-refractivity contribution in [3.8, 4) is 0 Å². The topological polar surface area (TPSA) is 128 Å². The van der Waals surface area contributed by atoms with E-state index >= 15 is 0 Å². The molecule has 0 aliphatic carbocycles. The number of ether oxygens (including phenoxy) is 12. The molecule has 0 fully saturated rings. The van der Waals surface area contributed by atoms with Crippen molar-refractivity contribution in [2.75, 3.05) is 152 Å². The fourth-order valence-corrected chi connectivity index (χ4v) is 3.07. The summed E-state index contributed by atoms with van der Waals surface area (Å²) in [5.74, 6) is -0.356. The number of hydrogen-bond acceptors (Lipinski definition) is 13. The van der Waals surface area contributed by atoms with E-state index in [0.717, 1.165) is 0 Å². The first-order valence-electron chi connectivity index (χ1n) is 14.8. The average Bonchev–Trinajstić information content (AvgIpc) is 3.03. The second-order valence-corrected chi connectivity index (χ2v) is 8.62. The fourth-order valence-electron chi connectivity index (χ4n) is 3.07. The molecule has 0 saturated heterocycles. The van der Waals surface area contributed by atoms with Gasteiger partial charge in [0.25, 0.3) is 0 Å². The van der Waals surface area contributed by atoms with Crippen LogP contribution < -0.4 is 0 Å². The Morgan fingerprint density at radius 3 is 0.930 bits per heavy atom. The molecule has 0 saturated carbocycles. The lowest BCUT2D eigenvalue weighted by Gasteiger charge is -2.09. The van der Waals surface area contributed by atoms with Crippen LogP contribution in [0.2, 0.25) is 0 Å². The van der Waals surface area contributed by atoms with Crippen molar-refractivity contribution in [2.24, 2.45) is 0 Å². The van der Waals surface area contributed by atoms with Crippen LogP contribution in [0.3, 0.4) is 0 Å². The molecule has 0 aliphatic heterocycles. The van der Waals surface area contributed by atoms with Crippen LogP contribution in [0.5, 0.6) is 0 Å². The number of esters is 1. The summed E-state index contributed by atoms with van der Waals surface area (Å²) in [6.07, 6.45) is 0. The van der Waals surface area contributed by atoms with E-state index < -0.39 is 0 Å². The quantitative estimate of drug-likeness (QED) is 0.0819. The summed E-state index contributed by atoms with van der Waals surface area (Å²) in [7, 11) is 1.64. The van der Waals surface area contributed by atoms with E-state index in [1.54, 1.807) is 31.4 Å². The van der Waals surface area contributed by atoms with E-state index in [1.807, 2.05) is 6.07 Å². The zero-order valence-electron chi connectivity index (χ0n) is 25.8. The van der Waals surface area contributed by atoms with Gasteiger partial charge in [0.15, 0.2) is 0 Å². The van der Waals surface area contributed by atoms with Crippen molar-refractivity contribution in [1.29, 1.82) is 0 Å². The molecule has 13 heteroatoms. The zero-order chi connectivity index (χ0) is 30.7. The number of methoxy groups -OCH3 is 1. The lowest BCUT2D eigenvalue weighted by Crippen LogP contribution is -2.15. The van der Waals surface area contributed by atoms with Crippen LogP contribution in [-0.4, -0.2) is 158 Å². The van der Waals surface area contributed by atoms with Gasteiger partial charge in [-0.15, -0.1) is 0 Å². The van der Waals surface area contributed by atoms with Crippen molar-refractivity contribution in [1.82, 2.24) is 0 Å². The van der Waals surface area contributed by atoms with Crippen molar-refractivity contribution in [2.45, 2.75) is 0 Å². The van der Waals surface area contributed by atoms with E-state index in [4.69, 9.17) is 56.8 Å². The second kappa shape index (κ2) is 33.1. The monoisotopic (exact) mass is 620 g/mol. The van der Waals surface area contributed by atoms with Crippen LogP contribution >= 0.6 is 0 Å². The second-order valence-electron chi connectivity index (χ2n) is 8.62. The number of carbonyl (C=O) groups is 1. The normalized spacial score (nSPS) is 11.3. The Hall–Kier alpha value is -1.75. The third kappa shape index (κ3) is 28.8. The lowest BCUT2D eigenvalue weighted by molar-refractivity contribution is -0.0276. The molecule has 1 aromatic rings. The maximum Gasteiger partial charge on any atom is 0.338 e. The highest BCUT2D eigenvalue weighted by Crippen LogP contribution is 2.00. The molecule has 0 aliphatic rings. The predicted octanol–water partition coefficient (Wildman–Crippen LogP) is 1.66. The van der Waals surface area contributed by atoms with Crippen molar-refractivity contribution >= 4 is 5.97 Å². The molecule has 0 heterocycles. The van der Waals surface area contributed by atoms with Crippen molar-refractivity contribution < 1.29 is 61.6 Å². The van der Waals surface area contributed by atoms with E-state index in [0.29, 0.717) is 144 Å². The summed E-state index contributed by atoms with van der Waals surface area (Å²) in [4.78, 5) is 11.8. The summed E-state index contributed by atoms with van der Waals surface area (Å²) in [5, 5.41) is 0. The summed E-state index contributed by atoms with van der Waals surface area (Å²) < 4.78 is 64.2. The van der Waals surface area contributed by atoms with Gasteiger partial charge in [0.05, 0.1) is 144 Å². The molecule has 0 bridgehead atoms. The van der Waals surface area contributed by atoms with Gasteiger partial charge in [-0.1, -0.05) is 18.2 Å². The maximum absolute atomic E-state index is 11.8. The Balaban J connectivity index is 1.64. The number of hydrogen-bond donors (Lipinski definition) is 0. The van der Waals surface area contributed by atoms with E-state index in [2.05, 4.69) is 0 Å². The summed E-state index contributed by atoms with van der Waals surface area (Å²) in [6, 6.07) is 8.85. The predicted molar refractivity (Wildman–Crippen MR) is 157 cm³/mol. The first-order chi connectivity index (χ1) is 21.3. The fraction of sp³-hybridized carbons (Fsp3) is 0.767. The van der Waals surface area contributed by atoms with Crippen LogP contribution in [0.1, 0.15) is 10.4 Å². The molecule has 0 aromatic heterocycles. The highest BCUT2D eigenvalue weighted by molar-refractivity contribution is 5.89. The molecule has 0 atom stereocenters. The molecular weight excluding hydrogens is 568 g/mol. The molecule has 1 rings (SSSR count). The lowest BCUT2D eigenvalue weighted by atomic mass is 10.2. The molecule has 13 nitrogen and oxygen atoms in total. The first kappa shape index (κ1) is 39.3. The summed E-state index contributed by atoms with van der Waals surface area (Å²) in [6.45, 7) is 10.7. The van der Waals surface area contributed by atoms with Crippen LogP contribution in [0.4, 0.5) is 0 Å². The molecule has 1 aromatic carbocycles. The van der Waals surface area contributed by atoms with Gasteiger partial charge >= 0.3 is 5.97 Å². The SMILES string of the molecule is COCCOCCOCCOCCOCCOCCOCCOCCOCCOCCOCCOC(=O)c1ccccc1. The molecule has 250 valence electrons. The van der Waals surface area contributed by atoms with Crippen LogP contribution in [0, 0.1) is 0 Å². The maximum atomic E-state index is 11.8. The Bertz CT molecular complexity index is 696. The van der Waals surface area contributed by atoms with Gasteiger partial charge in [0, 0.05) is 7.11 Å². The van der Waals surface area contributed by atoms with Crippen LogP contribution in [-0.2, 0) is 56.8 Å². The van der Waals surface area contributed by atoms with E-state index in [-0.39, 0.29) is 12.6 Å². The Labute approximate surface area is 256 Å². The van der Waals surface area contributed by atoms with E-state index in [1.165, 1.54) is 0 Å². The molecule has 0 unspecified atom stereocenters. The smallest absolute Gasteiger partial charge is 0.338 e. The molecule has 0 spiro atoms. The molecule has 43 heavy (non-hydrogen) atoms. The van der Waals surface area contributed by atoms with Crippen LogP contribution in [0.15, 0.2) is 30.3 Å². The minimum Gasteiger partial charge on any atom is -0.460 e. The molecule has 0 radical (unpaired) electrons. The standard InChI is InChI=1S/C30H52O13/c1-32-7-8-33-9-10-34-11-12-35-13-14-36-15-16-37-17-18-38-19-20-39-21-22-40-23-24-41-25-26-42-27-28-43-30(31)29-5-3-2-4-6-29/h2-6H,7-28H2,1H3. The van der Waals surface area contributed by atoms with Gasteiger partial charge in [-0.3, -0.25) is 0 Å². The number of benzene rings is 1. The van der Waals surface area contributed by atoms with Gasteiger partial charge in [-0.25, -0.2) is 4.79 Å². The van der Waals surface area contributed by atoms with Gasteiger partial charge in [-0.2, -0.15) is 0 Å². The van der Waals surface area contributed by atoms with Crippen LogP contribution in [0.25, 0.3) is 0 Å². The third-order valence-corrected chi connectivity index (χ3v) is 5.25. The number of carbonyl (C=O) groups excluding carboxylic acids is 1. The van der Waals surface area contributed by atoms with Gasteiger partial charge in [0.1, 0.15) is 6.61 Å². The minimum absolute atomic E-state index is 0.203. The Morgan fingerprint density at radius 1 is 0.395 bits per heavy atom. The largest absolute Gasteiger partial charge is 0.460 e. The van der Waals surface area contributed by atoms with Gasteiger partial charge in [-0.05, 0) is 12.1 Å². The van der Waals surface area contributed by atoms with Gasteiger partial charge in [0.2, 0.25) is 0 Å². The Kier molecular flexibility index (Phi) is 30.3. The molecule has 0 amide bonds.